The van der Waals surface area contributed by atoms with Gasteiger partial charge in [0, 0.05) is 26.3 Å². The van der Waals surface area contributed by atoms with Crippen LogP contribution in [0.3, 0.4) is 0 Å². The molecule has 1 aromatic carbocycles. The van der Waals surface area contributed by atoms with E-state index in [1.807, 2.05) is 0 Å². The van der Waals surface area contributed by atoms with Gasteiger partial charge in [0.25, 0.3) is 0 Å². The van der Waals surface area contributed by atoms with Gasteiger partial charge in [0.1, 0.15) is 0 Å². The molecule has 0 aliphatic heterocycles. The third-order valence-electron chi connectivity index (χ3n) is 2.59. The van der Waals surface area contributed by atoms with Gasteiger partial charge in [-0.25, -0.2) is 25.9 Å². The summed E-state index contributed by atoms with van der Waals surface area (Å²) in [6, 6.07) is 4.45. The molecule has 1 rings (SSSR count). The average molecular weight is 321 g/mol. The van der Waals surface area contributed by atoms with Gasteiger partial charge in [-0.05, 0) is 30.7 Å². The number of hydrogen-bond donors (Lipinski definition) is 2. The molecule has 0 radical (unpaired) electrons. The van der Waals surface area contributed by atoms with Crippen LogP contribution in [0.2, 0.25) is 0 Å². The number of nitrogens with two attached hydrogens (primary N) is 1. The number of nitrogens with zero attached hydrogens (tertiary/aromatic N) is 1. The van der Waals surface area contributed by atoms with Crippen molar-refractivity contribution in [3.05, 3.63) is 23.8 Å². The fraction of sp³-hybridized carbons (Fsp3) is 0.455. The molecule has 0 unspecified atom stereocenters. The van der Waals surface area contributed by atoms with Crippen LogP contribution in [-0.4, -0.2) is 47.5 Å². The lowest BCUT2D eigenvalue weighted by molar-refractivity contribution is 0.519. The number of hydrogen-bond acceptors (Lipinski definition) is 5. The Labute approximate surface area is 119 Å². The number of rotatable bonds is 6. The number of benzene rings is 1. The average Bonchev–Trinajstić information content (AvgIpc) is 2.26. The van der Waals surface area contributed by atoms with Crippen molar-refractivity contribution < 1.29 is 16.8 Å². The van der Waals surface area contributed by atoms with Gasteiger partial charge >= 0.3 is 0 Å². The van der Waals surface area contributed by atoms with Crippen molar-refractivity contribution in [1.82, 2.24) is 9.03 Å². The molecule has 0 amide bonds. The number of sulfonamides is 2. The summed E-state index contributed by atoms with van der Waals surface area (Å²) in [5.41, 5.74) is 6.65. The van der Waals surface area contributed by atoms with Gasteiger partial charge in [0.05, 0.1) is 10.6 Å². The first-order chi connectivity index (χ1) is 9.04. The predicted molar refractivity (Wildman–Crippen MR) is 78.3 cm³/mol. The third kappa shape index (κ3) is 4.44. The van der Waals surface area contributed by atoms with Gasteiger partial charge in [-0.1, -0.05) is 0 Å². The van der Waals surface area contributed by atoms with Gasteiger partial charge < -0.3 is 5.73 Å². The lowest BCUT2D eigenvalue weighted by Crippen LogP contribution is -2.34. The molecule has 0 atom stereocenters. The Morgan fingerprint density at radius 2 is 1.75 bits per heavy atom. The summed E-state index contributed by atoms with van der Waals surface area (Å²) in [6.07, 6.45) is 0. The molecule has 0 bridgehead atoms. The zero-order valence-electron chi connectivity index (χ0n) is 11.6. The third-order valence-corrected chi connectivity index (χ3v) is 5.87. The number of nitrogen functional groups attached to an aromatic ring is 1. The molecule has 7 nitrogen and oxygen atoms in total. The van der Waals surface area contributed by atoms with Crippen molar-refractivity contribution in [2.75, 3.05) is 32.1 Å². The number of nitrogens with one attached hydrogen (secondary N) is 1. The number of aryl methyl sites for hydroxylation is 1. The molecule has 0 fully saturated rings. The summed E-state index contributed by atoms with van der Waals surface area (Å²) < 4.78 is 50.4. The molecule has 9 heteroatoms. The Morgan fingerprint density at radius 1 is 1.15 bits per heavy atom. The second-order valence-electron chi connectivity index (χ2n) is 4.58. The van der Waals surface area contributed by atoms with E-state index >= 15 is 0 Å². The maximum atomic E-state index is 12.0. The topological polar surface area (TPSA) is 110 Å². The van der Waals surface area contributed by atoms with Crippen LogP contribution in [-0.2, 0) is 20.0 Å². The largest absolute Gasteiger partial charge is 0.399 e. The first kappa shape index (κ1) is 16.9. The van der Waals surface area contributed by atoms with Crippen LogP contribution in [0.1, 0.15) is 5.56 Å². The maximum absolute atomic E-state index is 12.0. The van der Waals surface area contributed by atoms with Crippen LogP contribution in [0.5, 0.6) is 0 Å². The molecule has 0 aliphatic carbocycles. The summed E-state index contributed by atoms with van der Waals surface area (Å²) in [5.74, 6) is -0.305. The summed E-state index contributed by atoms with van der Waals surface area (Å²) in [7, 11) is -4.42. The standard InChI is InChI=1S/C11H19N3O4S2/c1-9-6-10(12)8-11(7-9)20(17,18)13-4-5-19(15,16)14(2)3/h6-8,13H,4-5,12H2,1-3H3. The highest BCUT2D eigenvalue weighted by atomic mass is 32.2. The van der Waals surface area contributed by atoms with Crippen molar-refractivity contribution in [3.8, 4) is 0 Å². The molecule has 0 heterocycles. The van der Waals surface area contributed by atoms with E-state index in [4.69, 9.17) is 5.73 Å². The highest BCUT2D eigenvalue weighted by Crippen LogP contribution is 2.15. The van der Waals surface area contributed by atoms with E-state index in [0.29, 0.717) is 11.3 Å². The van der Waals surface area contributed by atoms with Crippen molar-refractivity contribution >= 4 is 25.7 Å². The summed E-state index contributed by atoms with van der Waals surface area (Å²) >= 11 is 0. The van der Waals surface area contributed by atoms with E-state index in [1.54, 1.807) is 13.0 Å². The first-order valence-electron chi connectivity index (χ1n) is 5.81. The highest BCUT2D eigenvalue weighted by molar-refractivity contribution is 7.90. The van der Waals surface area contributed by atoms with Crippen molar-refractivity contribution in [1.29, 1.82) is 0 Å². The Bertz CT molecular complexity index is 661. The second-order valence-corrected chi connectivity index (χ2v) is 8.64. The van der Waals surface area contributed by atoms with E-state index in [-0.39, 0.29) is 17.2 Å². The van der Waals surface area contributed by atoms with Crippen molar-refractivity contribution in [2.24, 2.45) is 0 Å². The fourth-order valence-electron chi connectivity index (χ4n) is 1.50. The van der Waals surface area contributed by atoms with Gasteiger partial charge in [-0.3, -0.25) is 0 Å². The minimum Gasteiger partial charge on any atom is -0.399 e. The molecule has 114 valence electrons. The molecule has 20 heavy (non-hydrogen) atoms. The molecule has 0 saturated heterocycles. The highest BCUT2D eigenvalue weighted by Gasteiger charge is 2.18. The Balaban J connectivity index is 2.81. The molecule has 3 N–H and O–H groups in total. The smallest absolute Gasteiger partial charge is 0.240 e. The summed E-state index contributed by atoms with van der Waals surface area (Å²) in [4.78, 5) is 0.0252. The normalized spacial score (nSPS) is 12.8. The quantitative estimate of drug-likeness (QED) is 0.702. The fourth-order valence-corrected chi connectivity index (χ4v) is 3.53. The van der Waals surface area contributed by atoms with E-state index in [9.17, 15) is 16.8 Å². The lowest BCUT2D eigenvalue weighted by Gasteiger charge is -2.12. The summed E-state index contributed by atoms with van der Waals surface area (Å²) in [6.45, 7) is 1.53. The Hall–Kier alpha value is -1.16. The van der Waals surface area contributed by atoms with E-state index in [1.165, 1.54) is 26.2 Å². The SMILES string of the molecule is Cc1cc(N)cc(S(=O)(=O)NCCS(=O)(=O)N(C)C)c1. The Kier molecular flexibility index (Phi) is 5.14. The van der Waals surface area contributed by atoms with Gasteiger partial charge in [-0.15, -0.1) is 0 Å². The summed E-state index contributed by atoms with van der Waals surface area (Å²) in [5, 5.41) is 0. The molecule has 0 saturated carbocycles. The molecular weight excluding hydrogens is 302 g/mol. The van der Waals surface area contributed by atoms with Crippen LogP contribution in [0.15, 0.2) is 23.1 Å². The van der Waals surface area contributed by atoms with Crippen molar-refractivity contribution in [3.63, 3.8) is 0 Å². The van der Waals surface area contributed by atoms with Crippen LogP contribution < -0.4 is 10.5 Å². The van der Waals surface area contributed by atoms with E-state index < -0.39 is 20.0 Å². The lowest BCUT2D eigenvalue weighted by atomic mass is 10.2. The zero-order chi connectivity index (χ0) is 15.6. The molecule has 0 aliphatic rings. The van der Waals surface area contributed by atoms with Crippen LogP contribution >= 0.6 is 0 Å². The van der Waals surface area contributed by atoms with Crippen LogP contribution in [0.4, 0.5) is 5.69 Å². The molecular formula is C11H19N3O4S2. The van der Waals surface area contributed by atoms with E-state index in [0.717, 1.165) is 4.31 Å². The molecule has 1 aromatic rings. The van der Waals surface area contributed by atoms with Crippen molar-refractivity contribution in [2.45, 2.75) is 11.8 Å². The molecule has 0 aromatic heterocycles. The van der Waals surface area contributed by atoms with Crippen LogP contribution in [0.25, 0.3) is 0 Å². The molecule has 0 spiro atoms. The minimum absolute atomic E-state index is 0.0252. The predicted octanol–water partition coefficient (Wildman–Crippen LogP) is -0.253. The second kappa shape index (κ2) is 6.08. The van der Waals surface area contributed by atoms with E-state index in [2.05, 4.69) is 4.72 Å². The first-order valence-corrected chi connectivity index (χ1v) is 8.91. The van der Waals surface area contributed by atoms with Gasteiger partial charge in [0.2, 0.25) is 20.0 Å². The monoisotopic (exact) mass is 321 g/mol. The van der Waals surface area contributed by atoms with Gasteiger partial charge in [-0.2, -0.15) is 0 Å². The Morgan fingerprint density at radius 3 is 2.25 bits per heavy atom. The maximum Gasteiger partial charge on any atom is 0.240 e. The minimum atomic E-state index is -3.77. The zero-order valence-corrected chi connectivity index (χ0v) is 13.3. The number of anilines is 1. The van der Waals surface area contributed by atoms with Crippen LogP contribution in [0, 0.1) is 6.92 Å². The van der Waals surface area contributed by atoms with Gasteiger partial charge in [0.15, 0.2) is 0 Å².